The molecule has 0 saturated heterocycles. The van der Waals surface area contributed by atoms with Gasteiger partial charge in [-0.15, -0.1) is 11.6 Å². The fraction of sp³-hybridized carbons (Fsp3) is 0.500. The van der Waals surface area contributed by atoms with Crippen LogP contribution >= 0.6 is 11.6 Å². The van der Waals surface area contributed by atoms with Gasteiger partial charge in [0.1, 0.15) is 0 Å². The Kier molecular flexibility index (Phi) is 3.93. The van der Waals surface area contributed by atoms with Crippen LogP contribution in [-0.2, 0) is 0 Å². The minimum absolute atomic E-state index is 0.423. The van der Waals surface area contributed by atoms with Crippen molar-refractivity contribution in [3.8, 4) is 0 Å². The third-order valence-corrected chi connectivity index (χ3v) is 3.78. The summed E-state index contributed by atoms with van der Waals surface area (Å²) in [5.74, 6) is 0.770. The fourth-order valence-corrected chi connectivity index (χ4v) is 2.95. The predicted molar refractivity (Wildman–Crippen MR) is 76.3 cm³/mol. The Morgan fingerprint density at radius 1 is 1.12 bits per heavy atom. The fourth-order valence-electron chi connectivity index (χ4n) is 2.82. The topological polar surface area (TPSA) is 0 Å². The second-order valence-electron chi connectivity index (χ2n) is 5.76. The molecule has 1 aliphatic carbocycles. The monoisotopic (exact) mass is 248 g/mol. The molecule has 0 fully saturated rings. The zero-order valence-corrected chi connectivity index (χ0v) is 11.6. The molecular formula is C16H21Cl. The molecule has 0 atom stereocenters. The molecule has 17 heavy (non-hydrogen) atoms. The predicted octanol–water partition coefficient (Wildman–Crippen LogP) is 5.28. The van der Waals surface area contributed by atoms with E-state index in [-0.39, 0.29) is 0 Å². The SMILES string of the molecule is CC1(C)CC(CCCCl)=C(c2ccccc2)C1. The molecule has 0 unspecified atom stereocenters. The quantitative estimate of drug-likeness (QED) is 0.636. The van der Waals surface area contributed by atoms with Gasteiger partial charge in [-0.1, -0.05) is 49.8 Å². The van der Waals surface area contributed by atoms with Crippen molar-refractivity contribution in [2.75, 3.05) is 5.88 Å². The molecule has 0 nitrogen and oxygen atoms in total. The number of rotatable bonds is 4. The Balaban J connectivity index is 2.26. The van der Waals surface area contributed by atoms with Crippen LogP contribution in [0.25, 0.3) is 5.57 Å². The van der Waals surface area contributed by atoms with Crippen LogP contribution in [0.5, 0.6) is 0 Å². The zero-order chi connectivity index (χ0) is 12.3. The van der Waals surface area contributed by atoms with Gasteiger partial charge < -0.3 is 0 Å². The van der Waals surface area contributed by atoms with Gasteiger partial charge in [-0.05, 0) is 42.2 Å². The number of allylic oxidation sites excluding steroid dienone is 2. The minimum atomic E-state index is 0.423. The summed E-state index contributed by atoms with van der Waals surface area (Å²) in [6.45, 7) is 4.73. The second-order valence-corrected chi connectivity index (χ2v) is 6.14. The number of hydrogen-bond acceptors (Lipinski definition) is 0. The van der Waals surface area contributed by atoms with Crippen LogP contribution in [0.1, 0.15) is 45.1 Å². The van der Waals surface area contributed by atoms with Gasteiger partial charge in [-0.25, -0.2) is 0 Å². The number of alkyl halides is 1. The maximum atomic E-state index is 5.82. The molecule has 1 heteroatoms. The second kappa shape index (κ2) is 5.27. The normalized spacial score (nSPS) is 18.8. The summed E-state index contributed by atoms with van der Waals surface area (Å²) in [5.41, 5.74) is 5.03. The van der Waals surface area contributed by atoms with Crippen LogP contribution in [0.4, 0.5) is 0 Å². The maximum Gasteiger partial charge on any atom is 0.0226 e. The van der Waals surface area contributed by atoms with E-state index >= 15 is 0 Å². The molecule has 0 N–H and O–H groups in total. The van der Waals surface area contributed by atoms with Crippen molar-refractivity contribution < 1.29 is 0 Å². The van der Waals surface area contributed by atoms with Crippen molar-refractivity contribution >= 4 is 17.2 Å². The Bertz CT molecular complexity index is 401. The smallest absolute Gasteiger partial charge is 0.0226 e. The maximum absolute atomic E-state index is 5.82. The Morgan fingerprint density at radius 2 is 1.82 bits per heavy atom. The van der Waals surface area contributed by atoms with E-state index in [0.717, 1.165) is 18.7 Å². The van der Waals surface area contributed by atoms with Gasteiger partial charge in [0, 0.05) is 5.88 Å². The molecule has 0 amide bonds. The molecule has 1 aromatic carbocycles. The summed E-state index contributed by atoms with van der Waals surface area (Å²) < 4.78 is 0. The molecule has 0 heterocycles. The zero-order valence-electron chi connectivity index (χ0n) is 10.8. The van der Waals surface area contributed by atoms with E-state index in [1.807, 2.05) is 0 Å². The highest BCUT2D eigenvalue weighted by molar-refractivity contribution is 6.17. The molecule has 2 rings (SSSR count). The van der Waals surface area contributed by atoms with Crippen LogP contribution in [0.3, 0.4) is 0 Å². The number of hydrogen-bond donors (Lipinski definition) is 0. The van der Waals surface area contributed by atoms with E-state index in [1.54, 1.807) is 11.1 Å². The summed E-state index contributed by atoms with van der Waals surface area (Å²) in [6, 6.07) is 10.8. The molecule has 0 saturated carbocycles. The molecule has 0 aliphatic heterocycles. The summed E-state index contributed by atoms with van der Waals surface area (Å²) in [5, 5.41) is 0. The van der Waals surface area contributed by atoms with Gasteiger partial charge in [0.25, 0.3) is 0 Å². The van der Waals surface area contributed by atoms with Crippen LogP contribution in [0, 0.1) is 5.41 Å². The van der Waals surface area contributed by atoms with Crippen molar-refractivity contribution in [3.05, 3.63) is 41.5 Å². The highest BCUT2D eigenvalue weighted by Gasteiger charge is 2.30. The van der Waals surface area contributed by atoms with E-state index in [1.165, 1.54) is 18.4 Å². The van der Waals surface area contributed by atoms with Crippen LogP contribution < -0.4 is 0 Å². The lowest BCUT2D eigenvalue weighted by Crippen LogP contribution is -2.05. The highest BCUT2D eigenvalue weighted by atomic mass is 35.5. The lowest BCUT2D eigenvalue weighted by atomic mass is 9.88. The first-order valence-electron chi connectivity index (χ1n) is 6.45. The van der Waals surface area contributed by atoms with Crippen LogP contribution in [-0.4, -0.2) is 5.88 Å². The third kappa shape index (κ3) is 3.13. The average molecular weight is 249 g/mol. The molecular weight excluding hydrogens is 228 g/mol. The van der Waals surface area contributed by atoms with Gasteiger partial charge in [0.15, 0.2) is 0 Å². The highest BCUT2D eigenvalue weighted by Crippen LogP contribution is 2.46. The van der Waals surface area contributed by atoms with E-state index in [2.05, 4.69) is 44.2 Å². The summed E-state index contributed by atoms with van der Waals surface area (Å²) >= 11 is 5.82. The standard InChI is InChI=1S/C16H21Cl/c1-16(2)11-14(9-6-10-17)15(12-16)13-7-4-3-5-8-13/h3-5,7-8H,6,9-12H2,1-2H3. The number of benzene rings is 1. The van der Waals surface area contributed by atoms with Crippen molar-refractivity contribution in [1.29, 1.82) is 0 Å². The first kappa shape index (κ1) is 12.7. The summed E-state index contributed by atoms with van der Waals surface area (Å²) in [7, 11) is 0. The molecule has 0 aromatic heterocycles. The molecule has 0 radical (unpaired) electrons. The van der Waals surface area contributed by atoms with Crippen molar-refractivity contribution in [3.63, 3.8) is 0 Å². The first-order chi connectivity index (χ1) is 8.12. The lowest BCUT2D eigenvalue weighted by molar-refractivity contribution is 0.393. The molecule has 92 valence electrons. The van der Waals surface area contributed by atoms with Gasteiger partial charge in [0.2, 0.25) is 0 Å². The molecule has 0 spiro atoms. The Morgan fingerprint density at radius 3 is 2.47 bits per heavy atom. The molecule has 1 aliphatic rings. The molecule has 1 aromatic rings. The largest absolute Gasteiger partial charge is 0.127 e. The Labute approximate surface area is 110 Å². The van der Waals surface area contributed by atoms with Crippen molar-refractivity contribution in [1.82, 2.24) is 0 Å². The average Bonchev–Trinajstić information content (AvgIpc) is 2.63. The van der Waals surface area contributed by atoms with E-state index in [9.17, 15) is 0 Å². The van der Waals surface area contributed by atoms with Gasteiger partial charge in [0.05, 0.1) is 0 Å². The summed E-state index contributed by atoms with van der Waals surface area (Å²) in [4.78, 5) is 0. The Hall–Kier alpha value is -0.750. The van der Waals surface area contributed by atoms with E-state index in [0.29, 0.717) is 5.41 Å². The minimum Gasteiger partial charge on any atom is -0.127 e. The molecule has 0 bridgehead atoms. The third-order valence-electron chi connectivity index (χ3n) is 3.51. The van der Waals surface area contributed by atoms with Gasteiger partial charge >= 0.3 is 0 Å². The van der Waals surface area contributed by atoms with Crippen LogP contribution in [0.2, 0.25) is 0 Å². The first-order valence-corrected chi connectivity index (χ1v) is 6.98. The number of halogens is 1. The lowest BCUT2D eigenvalue weighted by Gasteiger charge is -2.17. The van der Waals surface area contributed by atoms with Crippen molar-refractivity contribution in [2.24, 2.45) is 5.41 Å². The van der Waals surface area contributed by atoms with E-state index in [4.69, 9.17) is 11.6 Å². The van der Waals surface area contributed by atoms with Crippen LogP contribution in [0.15, 0.2) is 35.9 Å². The van der Waals surface area contributed by atoms with Gasteiger partial charge in [-0.3, -0.25) is 0 Å². The van der Waals surface area contributed by atoms with Gasteiger partial charge in [-0.2, -0.15) is 0 Å². The van der Waals surface area contributed by atoms with E-state index < -0.39 is 0 Å². The van der Waals surface area contributed by atoms with Crippen molar-refractivity contribution in [2.45, 2.75) is 39.5 Å². The summed E-state index contributed by atoms with van der Waals surface area (Å²) in [6.07, 6.45) is 4.70.